The van der Waals surface area contributed by atoms with E-state index in [4.69, 9.17) is 5.73 Å². The minimum absolute atomic E-state index is 0.568. The summed E-state index contributed by atoms with van der Waals surface area (Å²) < 4.78 is 0. The van der Waals surface area contributed by atoms with Crippen molar-refractivity contribution in [3.05, 3.63) is 0 Å². The average Bonchev–Trinajstić information content (AvgIpc) is 2.22. The lowest BCUT2D eigenvalue weighted by molar-refractivity contribution is 0.165. The Bertz CT molecular complexity index is 141. The fourth-order valence-electron chi connectivity index (χ4n) is 2.19. The summed E-state index contributed by atoms with van der Waals surface area (Å²) >= 11 is 0. The number of nitrogens with zero attached hydrogens (tertiary/aromatic N) is 1. The fraction of sp³-hybridized carbons (Fsp3) is 1.00. The zero-order valence-corrected chi connectivity index (χ0v) is 11.3. The van der Waals surface area contributed by atoms with E-state index in [1.165, 1.54) is 25.8 Å². The first kappa shape index (κ1) is 14.9. The minimum Gasteiger partial charge on any atom is -0.329 e. The highest BCUT2D eigenvalue weighted by Crippen LogP contribution is 2.17. The summed E-state index contributed by atoms with van der Waals surface area (Å²) in [6.45, 7) is 11.1. The maximum absolute atomic E-state index is 5.89. The topological polar surface area (TPSA) is 29.3 Å². The first-order valence-electron chi connectivity index (χ1n) is 6.47. The van der Waals surface area contributed by atoms with Crippen LogP contribution in [0.25, 0.3) is 0 Å². The van der Waals surface area contributed by atoms with E-state index in [0.717, 1.165) is 18.4 Å². The molecule has 0 aliphatic heterocycles. The van der Waals surface area contributed by atoms with Gasteiger partial charge >= 0.3 is 0 Å². The van der Waals surface area contributed by atoms with Crippen LogP contribution in [0.3, 0.4) is 0 Å². The molecule has 0 fully saturated rings. The van der Waals surface area contributed by atoms with Crippen LogP contribution in [0.1, 0.15) is 47.0 Å². The first-order chi connectivity index (χ1) is 7.06. The van der Waals surface area contributed by atoms with Crippen LogP contribution in [0.2, 0.25) is 0 Å². The van der Waals surface area contributed by atoms with Gasteiger partial charge in [0.2, 0.25) is 0 Å². The average molecular weight is 214 g/mol. The van der Waals surface area contributed by atoms with Gasteiger partial charge in [-0.15, -0.1) is 0 Å². The molecule has 92 valence electrons. The highest BCUT2D eigenvalue weighted by Gasteiger charge is 2.20. The van der Waals surface area contributed by atoms with Gasteiger partial charge in [0.15, 0.2) is 0 Å². The van der Waals surface area contributed by atoms with Gasteiger partial charge in [0.25, 0.3) is 0 Å². The molecule has 0 aromatic rings. The third-order valence-corrected chi connectivity index (χ3v) is 3.46. The molecule has 0 bridgehead atoms. The van der Waals surface area contributed by atoms with E-state index in [1.807, 2.05) is 0 Å². The van der Waals surface area contributed by atoms with Crippen molar-refractivity contribution in [2.24, 2.45) is 17.6 Å². The summed E-state index contributed by atoms with van der Waals surface area (Å²) in [5.74, 6) is 1.54. The van der Waals surface area contributed by atoms with E-state index in [9.17, 15) is 0 Å². The van der Waals surface area contributed by atoms with Gasteiger partial charge in [0.05, 0.1) is 0 Å². The van der Waals surface area contributed by atoms with E-state index in [0.29, 0.717) is 6.04 Å². The van der Waals surface area contributed by atoms with Crippen molar-refractivity contribution in [3.8, 4) is 0 Å². The van der Waals surface area contributed by atoms with Gasteiger partial charge in [-0.05, 0) is 31.8 Å². The molecule has 0 rings (SSSR count). The Labute approximate surface area is 96.2 Å². The summed E-state index contributed by atoms with van der Waals surface area (Å²) in [5.41, 5.74) is 5.89. The maximum atomic E-state index is 5.89. The van der Waals surface area contributed by atoms with Crippen LogP contribution in [0.5, 0.6) is 0 Å². The summed E-state index contributed by atoms with van der Waals surface area (Å²) in [5, 5.41) is 0. The molecule has 2 N–H and O–H groups in total. The van der Waals surface area contributed by atoms with Crippen LogP contribution in [0, 0.1) is 11.8 Å². The Balaban J connectivity index is 4.13. The molecule has 0 aromatic heterocycles. The van der Waals surface area contributed by atoms with Crippen LogP contribution in [-0.2, 0) is 0 Å². The maximum Gasteiger partial charge on any atom is 0.0243 e. The Morgan fingerprint density at radius 3 is 2.00 bits per heavy atom. The Hall–Kier alpha value is -0.0800. The number of hydrogen-bond donors (Lipinski definition) is 1. The molecular weight excluding hydrogens is 184 g/mol. The van der Waals surface area contributed by atoms with Crippen molar-refractivity contribution in [1.82, 2.24) is 4.90 Å². The van der Waals surface area contributed by atoms with Crippen molar-refractivity contribution in [2.45, 2.75) is 53.0 Å². The van der Waals surface area contributed by atoms with Crippen molar-refractivity contribution < 1.29 is 0 Å². The summed E-state index contributed by atoms with van der Waals surface area (Å²) in [6.07, 6.45) is 3.75. The number of rotatable bonds is 8. The van der Waals surface area contributed by atoms with E-state index in [-0.39, 0.29) is 0 Å². The van der Waals surface area contributed by atoms with Crippen molar-refractivity contribution >= 4 is 0 Å². The largest absolute Gasteiger partial charge is 0.329 e. The SMILES string of the molecule is CCC(CC)C(CN)N(C)CCC(C)C. The molecule has 0 aliphatic carbocycles. The van der Waals surface area contributed by atoms with Crippen LogP contribution < -0.4 is 5.73 Å². The zero-order chi connectivity index (χ0) is 11.8. The zero-order valence-electron chi connectivity index (χ0n) is 11.3. The second-order valence-electron chi connectivity index (χ2n) is 5.04. The normalized spacial score (nSPS) is 14.2. The van der Waals surface area contributed by atoms with Gasteiger partial charge in [-0.25, -0.2) is 0 Å². The molecule has 0 amide bonds. The smallest absolute Gasteiger partial charge is 0.0243 e. The highest BCUT2D eigenvalue weighted by atomic mass is 15.1. The predicted molar refractivity (Wildman–Crippen MR) is 69.0 cm³/mol. The van der Waals surface area contributed by atoms with E-state index >= 15 is 0 Å². The van der Waals surface area contributed by atoms with E-state index in [2.05, 4.69) is 39.6 Å². The molecule has 15 heavy (non-hydrogen) atoms. The quantitative estimate of drug-likeness (QED) is 0.673. The highest BCUT2D eigenvalue weighted by molar-refractivity contribution is 4.77. The Kier molecular flexibility index (Phi) is 8.07. The number of likely N-dealkylation sites (N-methyl/N-ethyl adjacent to an activating group) is 1. The summed E-state index contributed by atoms with van der Waals surface area (Å²) in [7, 11) is 2.22. The predicted octanol–water partition coefficient (Wildman–Crippen LogP) is 2.73. The van der Waals surface area contributed by atoms with Crippen molar-refractivity contribution in [3.63, 3.8) is 0 Å². The second kappa shape index (κ2) is 8.12. The molecule has 2 heteroatoms. The van der Waals surface area contributed by atoms with Gasteiger partial charge in [-0.1, -0.05) is 40.5 Å². The number of hydrogen-bond acceptors (Lipinski definition) is 2. The van der Waals surface area contributed by atoms with Crippen molar-refractivity contribution in [2.75, 3.05) is 20.1 Å². The van der Waals surface area contributed by atoms with Crippen LogP contribution >= 0.6 is 0 Å². The molecular formula is C13H30N2. The Morgan fingerprint density at radius 2 is 1.67 bits per heavy atom. The van der Waals surface area contributed by atoms with Crippen LogP contribution in [0.15, 0.2) is 0 Å². The summed E-state index contributed by atoms with van der Waals surface area (Å²) in [6, 6.07) is 0.568. The third kappa shape index (κ3) is 5.53. The van der Waals surface area contributed by atoms with Crippen molar-refractivity contribution in [1.29, 1.82) is 0 Å². The summed E-state index contributed by atoms with van der Waals surface area (Å²) in [4.78, 5) is 2.46. The van der Waals surface area contributed by atoms with Gasteiger partial charge in [-0.3, -0.25) is 0 Å². The van der Waals surface area contributed by atoms with E-state index < -0.39 is 0 Å². The van der Waals surface area contributed by atoms with Gasteiger partial charge < -0.3 is 10.6 Å². The molecule has 1 atom stereocenters. The van der Waals surface area contributed by atoms with Gasteiger partial charge in [0.1, 0.15) is 0 Å². The van der Waals surface area contributed by atoms with Crippen LogP contribution in [0.4, 0.5) is 0 Å². The second-order valence-corrected chi connectivity index (χ2v) is 5.04. The van der Waals surface area contributed by atoms with Gasteiger partial charge in [-0.2, -0.15) is 0 Å². The lowest BCUT2D eigenvalue weighted by atomic mass is 9.93. The molecule has 0 saturated carbocycles. The van der Waals surface area contributed by atoms with E-state index in [1.54, 1.807) is 0 Å². The fourth-order valence-corrected chi connectivity index (χ4v) is 2.19. The monoisotopic (exact) mass is 214 g/mol. The molecule has 0 aliphatic rings. The third-order valence-electron chi connectivity index (χ3n) is 3.46. The van der Waals surface area contributed by atoms with Crippen LogP contribution in [-0.4, -0.2) is 31.1 Å². The lowest BCUT2D eigenvalue weighted by Crippen LogP contribution is -2.43. The molecule has 0 saturated heterocycles. The number of nitrogens with two attached hydrogens (primary N) is 1. The standard InChI is InChI=1S/C13H30N2/c1-6-12(7-2)13(10-14)15(5)9-8-11(3)4/h11-13H,6-10,14H2,1-5H3. The molecule has 0 spiro atoms. The molecule has 1 unspecified atom stereocenters. The first-order valence-corrected chi connectivity index (χ1v) is 6.47. The Morgan fingerprint density at radius 1 is 1.13 bits per heavy atom. The minimum atomic E-state index is 0.568. The van der Waals surface area contributed by atoms with Gasteiger partial charge in [0, 0.05) is 12.6 Å². The lowest BCUT2D eigenvalue weighted by Gasteiger charge is -2.33. The molecule has 2 nitrogen and oxygen atoms in total. The molecule has 0 radical (unpaired) electrons. The molecule has 0 heterocycles. The molecule has 0 aromatic carbocycles.